The van der Waals surface area contributed by atoms with Gasteiger partial charge < -0.3 is 10.4 Å². The van der Waals surface area contributed by atoms with Crippen LogP contribution in [0.1, 0.15) is 54.6 Å². The van der Waals surface area contributed by atoms with Gasteiger partial charge in [-0.1, -0.05) is 12.8 Å². The van der Waals surface area contributed by atoms with Crippen LogP contribution in [0.15, 0.2) is 6.20 Å². The second-order valence-electron chi connectivity index (χ2n) is 6.87. The number of nitrogens with one attached hydrogen (secondary N) is 1. The third-order valence-electron chi connectivity index (χ3n) is 5.08. The maximum Gasteiger partial charge on any atom is 0.220 e. The third-order valence-corrected chi connectivity index (χ3v) is 5.08. The molecule has 2 N–H and O–H groups in total. The maximum atomic E-state index is 12.1. The first-order valence-corrected chi connectivity index (χ1v) is 8.66. The van der Waals surface area contributed by atoms with Crippen LogP contribution < -0.4 is 5.32 Å². The number of carbonyl (C=O) groups is 1. The molecule has 0 atom stereocenters. The summed E-state index contributed by atoms with van der Waals surface area (Å²) in [4.78, 5) is 16.6. The molecule has 1 aliphatic carbocycles. The Morgan fingerprint density at radius 3 is 2.84 bits per heavy atom. The summed E-state index contributed by atoms with van der Waals surface area (Å²) in [5.41, 5.74) is 2.93. The fourth-order valence-electron chi connectivity index (χ4n) is 3.55. The second kappa shape index (κ2) is 6.81. The minimum absolute atomic E-state index is 0.0719. The van der Waals surface area contributed by atoms with E-state index in [0.717, 1.165) is 42.6 Å². The Kier molecular flexibility index (Phi) is 4.73. The summed E-state index contributed by atoms with van der Waals surface area (Å²) in [6.45, 7) is 4.13. The summed E-state index contributed by atoms with van der Waals surface area (Å²) in [6, 6.07) is 2.09. The number of amides is 1. The van der Waals surface area contributed by atoms with E-state index in [2.05, 4.69) is 21.5 Å². The van der Waals surface area contributed by atoms with Gasteiger partial charge in [0, 0.05) is 24.4 Å². The van der Waals surface area contributed by atoms with Crippen LogP contribution in [-0.4, -0.2) is 37.8 Å². The van der Waals surface area contributed by atoms with Crippen LogP contribution in [0.25, 0.3) is 5.65 Å². The highest BCUT2D eigenvalue weighted by Gasteiger charge is 2.31. The van der Waals surface area contributed by atoms with E-state index in [-0.39, 0.29) is 5.91 Å². The molecule has 25 heavy (non-hydrogen) atoms. The molecule has 0 aromatic carbocycles. The van der Waals surface area contributed by atoms with Crippen LogP contribution in [0, 0.1) is 25.2 Å². The zero-order valence-electron chi connectivity index (χ0n) is 14.7. The van der Waals surface area contributed by atoms with E-state index < -0.39 is 5.60 Å². The summed E-state index contributed by atoms with van der Waals surface area (Å²) in [6.07, 6.45) is 5.94. The van der Waals surface area contributed by atoms with Crippen LogP contribution in [0.5, 0.6) is 0 Å². The molecule has 7 heteroatoms. The molecule has 0 aliphatic heterocycles. The van der Waals surface area contributed by atoms with Gasteiger partial charge in [-0.2, -0.15) is 10.4 Å². The molecule has 0 unspecified atom stereocenters. The Hall–Kier alpha value is -2.46. The van der Waals surface area contributed by atoms with Crippen LogP contribution in [0.2, 0.25) is 0 Å². The van der Waals surface area contributed by atoms with E-state index >= 15 is 0 Å². The molecule has 0 saturated heterocycles. The minimum Gasteiger partial charge on any atom is -0.388 e. The lowest BCUT2D eigenvalue weighted by atomic mass is 10.0. The predicted molar refractivity (Wildman–Crippen MR) is 91.9 cm³/mol. The Labute approximate surface area is 146 Å². The molecule has 7 nitrogen and oxygen atoms in total. The number of nitrogens with zero attached hydrogens (tertiary/aromatic N) is 4. The van der Waals surface area contributed by atoms with E-state index in [4.69, 9.17) is 5.26 Å². The van der Waals surface area contributed by atoms with Crippen molar-refractivity contribution in [3.8, 4) is 6.07 Å². The molecule has 0 bridgehead atoms. The number of aromatic nitrogens is 3. The Morgan fingerprint density at radius 1 is 1.44 bits per heavy atom. The zero-order valence-corrected chi connectivity index (χ0v) is 14.7. The summed E-state index contributed by atoms with van der Waals surface area (Å²) < 4.78 is 1.65. The molecular weight excluding hydrogens is 318 g/mol. The van der Waals surface area contributed by atoms with Crippen molar-refractivity contribution < 1.29 is 9.90 Å². The number of rotatable bonds is 5. The smallest absolute Gasteiger partial charge is 0.220 e. The number of carbonyl (C=O) groups excluding carboxylic acids is 1. The molecule has 1 amide bonds. The van der Waals surface area contributed by atoms with Gasteiger partial charge in [0.2, 0.25) is 5.91 Å². The van der Waals surface area contributed by atoms with Crippen molar-refractivity contribution in [2.45, 2.75) is 58.0 Å². The van der Waals surface area contributed by atoms with Gasteiger partial charge in [-0.15, -0.1) is 0 Å². The maximum absolute atomic E-state index is 12.1. The molecule has 132 valence electrons. The average Bonchev–Trinajstić information content (AvgIpc) is 3.19. The minimum atomic E-state index is -0.731. The average molecular weight is 341 g/mol. The lowest BCUT2D eigenvalue weighted by molar-refractivity contribution is -0.122. The van der Waals surface area contributed by atoms with Crippen LogP contribution in [0.3, 0.4) is 0 Å². The molecular formula is C18H23N5O2. The summed E-state index contributed by atoms with van der Waals surface area (Å²) >= 11 is 0. The topological polar surface area (TPSA) is 103 Å². The van der Waals surface area contributed by atoms with Crippen molar-refractivity contribution in [2.75, 3.05) is 6.54 Å². The van der Waals surface area contributed by atoms with Gasteiger partial charge in [0.15, 0.2) is 5.65 Å². The van der Waals surface area contributed by atoms with Crippen molar-refractivity contribution >= 4 is 11.6 Å². The molecule has 3 rings (SSSR count). The van der Waals surface area contributed by atoms with E-state index in [9.17, 15) is 9.90 Å². The van der Waals surface area contributed by atoms with Crippen LogP contribution in [0.4, 0.5) is 0 Å². The monoisotopic (exact) mass is 341 g/mol. The standard InChI is InChI=1S/C18H23N5O2/c1-12-15(13(2)23-17(22-12)14(9-19)10-21-23)5-6-16(24)20-11-18(25)7-3-4-8-18/h10,25H,3-8,11H2,1-2H3,(H,20,24). The molecule has 0 spiro atoms. The second-order valence-corrected chi connectivity index (χ2v) is 6.87. The quantitative estimate of drug-likeness (QED) is 0.859. The molecule has 2 aromatic rings. The van der Waals surface area contributed by atoms with Gasteiger partial charge in [-0.3, -0.25) is 4.79 Å². The van der Waals surface area contributed by atoms with E-state index in [1.165, 1.54) is 6.20 Å². The van der Waals surface area contributed by atoms with Gasteiger partial charge in [0.1, 0.15) is 11.6 Å². The van der Waals surface area contributed by atoms with Crippen molar-refractivity contribution in [1.82, 2.24) is 19.9 Å². The molecule has 1 fully saturated rings. The first-order chi connectivity index (χ1) is 11.9. The highest BCUT2D eigenvalue weighted by Crippen LogP contribution is 2.28. The van der Waals surface area contributed by atoms with Gasteiger partial charge in [-0.25, -0.2) is 9.50 Å². The molecule has 1 saturated carbocycles. The fraction of sp³-hybridized carbons (Fsp3) is 0.556. The number of hydrogen-bond donors (Lipinski definition) is 2. The van der Waals surface area contributed by atoms with Crippen molar-refractivity contribution in [1.29, 1.82) is 5.26 Å². The number of fused-ring (bicyclic) bond motifs is 1. The van der Waals surface area contributed by atoms with E-state index in [1.54, 1.807) is 4.52 Å². The Balaban J connectivity index is 1.66. The Morgan fingerprint density at radius 2 is 2.16 bits per heavy atom. The molecule has 0 radical (unpaired) electrons. The summed E-state index contributed by atoms with van der Waals surface area (Å²) in [5, 5.41) is 26.5. The largest absolute Gasteiger partial charge is 0.388 e. The van der Waals surface area contributed by atoms with E-state index in [0.29, 0.717) is 30.6 Å². The number of aryl methyl sites for hydroxylation is 2. The van der Waals surface area contributed by atoms with Crippen LogP contribution in [-0.2, 0) is 11.2 Å². The third kappa shape index (κ3) is 3.49. The van der Waals surface area contributed by atoms with Crippen molar-refractivity contribution in [3.05, 3.63) is 28.7 Å². The van der Waals surface area contributed by atoms with Gasteiger partial charge in [-0.05, 0) is 38.7 Å². The highest BCUT2D eigenvalue weighted by atomic mass is 16.3. The van der Waals surface area contributed by atoms with Crippen LogP contribution >= 0.6 is 0 Å². The van der Waals surface area contributed by atoms with Gasteiger partial charge in [0.05, 0.1) is 11.8 Å². The number of aliphatic hydroxyl groups is 1. The van der Waals surface area contributed by atoms with Gasteiger partial charge >= 0.3 is 0 Å². The first kappa shape index (κ1) is 17.4. The van der Waals surface area contributed by atoms with Gasteiger partial charge in [0.25, 0.3) is 0 Å². The normalized spacial score (nSPS) is 16.1. The summed E-state index contributed by atoms with van der Waals surface area (Å²) in [5.74, 6) is -0.0719. The molecule has 1 aliphatic rings. The summed E-state index contributed by atoms with van der Waals surface area (Å²) in [7, 11) is 0. The lowest BCUT2D eigenvalue weighted by Gasteiger charge is -2.22. The first-order valence-electron chi connectivity index (χ1n) is 8.66. The zero-order chi connectivity index (χ0) is 18.0. The number of hydrogen-bond acceptors (Lipinski definition) is 5. The SMILES string of the molecule is Cc1nc2c(C#N)cnn2c(C)c1CCC(=O)NCC1(O)CCCC1. The molecule has 2 aromatic heterocycles. The van der Waals surface area contributed by atoms with E-state index in [1.807, 2.05) is 13.8 Å². The Bertz CT molecular complexity index is 843. The predicted octanol–water partition coefficient (Wildman–Crippen LogP) is 1.57. The lowest BCUT2D eigenvalue weighted by Crippen LogP contribution is -2.40. The highest BCUT2D eigenvalue weighted by molar-refractivity contribution is 5.76. The van der Waals surface area contributed by atoms with Crippen molar-refractivity contribution in [3.63, 3.8) is 0 Å². The fourth-order valence-corrected chi connectivity index (χ4v) is 3.55. The molecule has 2 heterocycles. The van der Waals surface area contributed by atoms with Crippen molar-refractivity contribution in [2.24, 2.45) is 0 Å². The number of nitriles is 1.